The molecule has 1 aliphatic heterocycles. The van der Waals surface area contributed by atoms with Gasteiger partial charge in [-0.15, -0.1) is 12.4 Å². The summed E-state index contributed by atoms with van der Waals surface area (Å²) in [5.41, 5.74) is 8.88. The van der Waals surface area contributed by atoms with Crippen molar-refractivity contribution < 1.29 is 9.53 Å². The fourth-order valence-electron chi connectivity index (χ4n) is 2.72. The zero-order chi connectivity index (χ0) is 16.2. The quantitative estimate of drug-likeness (QED) is 0.863. The summed E-state index contributed by atoms with van der Waals surface area (Å²) < 4.78 is 4.93. The molecule has 7 heteroatoms. The van der Waals surface area contributed by atoms with Crippen LogP contribution in [-0.4, -0.2) is 30.6 Å². The van der Waals surface area contributed by atoms with E-state index < -0.39 is 6.04 Å². The molecule has 0 saturated carbocycles. The summed E-state index contributed by atoms with van der Waals surface area (Å²) in [6, 6.07) is 11.1. The molecule has 0 aliphatic carbocycles. The Morgan fingerprint density at radius 1 is 1.33 bits per heavy atom. The number of ether oxygens (including phenoxy) is 1. The minimum Gasteiger partial charge on any atom is -0.383 e. The summed E-state index contributed by atoms with van der Waals surface area (Å²) in [6.45, 7) is 1.68. The molecule has 0 saturated heterocycles. The molecule has 3 N–H and O–H groups in total. The number of nitrogens with one attached hydrogen (secondary N) is 1. The van der Waals surface area contributed by atoms with Gasteiger partial charge in [-0.1, -0.05) is 18.2 Å². The van der Waals surface area contributed by atoms with Crippen molar-refractivity contribution in [3.05, 3.63) is 53.7 Å². The highest BCUT2D eigenvalue weighted by Gasteiger charge is 2.24. The van der Waals surface area contributed by atoms with Crippen LogP contribution in [0.1, 0.15) is 11.1 Å². The predicted octanol–water partition coefficient (Wildman–Crippen LogP) is 1.94. The Kier molecular flexibility index (Phi) is 6.14. The van der Waals surface area contributed by atoms with Gasteiger partial charge in [0.2, 0.25) is 5.91 Å². The second-order valence-electron chi connectivity index (χ2n) is 5.54. The predicted molar refractivity (Wildman–Crippen MR) is 96.3 cm³/mol. The molecule has 0 fully saturated rings. The molecule has 1 amide bonds. The van der Waals surface area contributed by atoms with Gasteiger partial charge >= 0.3 is 0 Å². The van der Waals surface area contributed by atoms with Gasteiger partial charge in [0.15, 0.2) is 0 Å². The van der Waals surface area contributed by atoms with E-state index in [-0.39, 0.29) is 24.9 Å². The van der Waals surface area contributed by atoms with Gasteiger partial charge in [0.05, 0.1) is 6.61 Å². The molecule has 1 aromatic heterocycles. The van der Waals surface area contributed by atoms with Crippen LogP contribution in [0, 0.1) is 0 Å². The van der Waals surface area contributed by atoms with Gasteiger partial charge in [0, 0.05) is 32.1 Å². The number of aromatic nitrogens is 1. The molecule has 3 rings (SSSR count). The fraction of sp³-hybridized carbons (Fsp3) is 0.294. The van der Waals surface area contributed by atoms with Gasteiger partial charge in [-0.2, -0.15) is 0 Å². The number of fused-ring (bicyclic) bond motifs is 1. The molecule has 6 nitrogen and oxygen atoms in total. The van der Waals surface area contributed by atoms with Gasteiger partial charge < -0.3 is 20.7 Å². The molecule has 1 aliphatic rings. The summed E-state index contributed by atoms with van der Waals surface area (Å²) in [5, 5.41) is 2.91. The summed E-state index contributed by atoms with van der Waals surface area (Å²) >= 11 is 0. The standard InChI is InChI=1S/C17H20N4O2.ClH/c1-23-11-14(18)17(22)20-15-6-4-5-12-9-21(10-13(12)15)16-7-2-3-8-19-16;/h2-8,14H,9-11,18H2,1H3,(H,20,22);1H. The van der Waals surface area contributed by atoms with E-state index in [1.54, 1.807) is 6.20 Å². The van der Waals surface area contributed by atoms with Crippen molar-refractivity contribution in [3.8, 4) is 0 Å². The second kappa shape index (κ2) is 8.10. The Bertz CT molecular complexity index is 696. The van der Waals surface area contributed by atoms with Crippen molar-refractivity contribution in [2.75, 3.05) is 23.9 Å². The van der Waals surface area contributed by atoms with E-state index in [1.165, 1.54) is 12.7 Å². The first-order valence-corrected chi connectivity index (χ1v) is 7.51. The maximum absolute atomic E-state index is 12.1. The third-order valence-electron chi connectivity index (χ3n) is 3.90. The monoisotopic (exact) mass is 348 g/mol. The van der Waals surface area contributed by atoms with Crippen molar-refractivity contribution >= 4 is 29.8 Å². The molecule has 1 aromatic carbocycles. The van der Waals surface area contributed by atoms with Crippen molar-refractivity contribution in [2.24, 2.45) is 5.73 Å². The SMILES string of the molecule is COCC(N)C(=O)Nc1cccc2c1CN(c1ccccn1)C2.Cl. The molecule has 2 heterocycles. The number of rotatable bonds is 5. The minimum atomic E-state index is -0.677. The molecular weight excluding hydrogens is 328 g/mol. The van der Waals surface area contributed by atoms with Crippen LogP contribution in [0.25, 0.3) is 0 Å². The molecule has 1 atom stereocenters. The van der Waals surface area contributed by atoms with Crippen LogP contribution in [0.3, 0.4) is 0 Å². The highest BCUT2D eigenvalue weighted by molar-refractivity contribution is 5.95. The van der Waals surface area contributed by atoms with E-state index in [2.05, 4.69) is 21.3 Å². The Labute approximate surface area is 147 Å². The third kappa shape index (κ3) is 3.84. The Hall–Kier alpha value is -2.15. The highest BCUT2D eigenvalue weighted by atomic mass is 35.5. The minimum absolute atomic E-state index is 0. The number of halogens is 1. The van der Waals surface area contributed by atoms with E-state index in [4.69, 9.17) is 10.5 Å². The van der Waals surface area contributed by atoms with Crippen molar-refractivity contribution in [1.29, 1.82) is 0 Å². The van der Waals surface area contributed by atoms with Crippen LogP contribution >= 0.6 is 12.4 Å². The van der Waals surface area contributed by atoms with Gasteiger partial charge in [-0.05, 0) is 29.3 Å². The lowest BCUT2D eigenvalue weighted by atomic mass is 10.1. The fourth-order valence-corrected chi connectivity index (χ4v) is 2.72. The number of nitrogens with zero attached hydrogens (tertiary/aromatic N) is 2. The van der Waals surface area contributed by atoms with Gasteiger partial charge in [0.25, 0.3) is 0 Å². The Morgan fingerprint density at radius 2 is 2.17 bits per heavy atom. The van der Waals surface area contributed by atoms with Crippen LogP contribution in [0.5, 0.6) is 0 Å². The Balaban J connectivity index is 0.00000208. The van der Waals surface area contributed by atoms with Gasteiger partial charge in [-0.3, -0.25) is 4.79 Å². The number of hydrogen-bond donors (Lipinski definition) is 2. The number of benzene rings is 1. The van der Waals surface area contributed by atoms with Gasteiger partial charge in [0.1, 0.15) is 11.9 Å². The second-order valence-corrected chi connectivity index (χ2v) is 5.54. The maximum Gasteiger partial charge on any atom is 0.243 e. The van der Waals surface area contributed by atoms with Crippen molar-refractivity contribution in [3.63, 3.8) is 0 Å². The van der Waals surface area contributed by atoms with Crippen molar-refractivity contribution in [2.45, 2.75) is 19.1 Å². The average molecular weight is 349 g/mol. The molecule has 1 unspecified atom stereocenters. The van der Waals surface area contributed by atoms with Crippen LogP contribution in [0.4, 0.5) is 11.5 Å². The lowest BCUT2D eigenvalue weighted by molar-refractivity contribution is -0.118. The molecule has 24 heavy (non-hydrogen) atoms. The number of carbonyl (C=O) groups is 1. The van der Waals surface area contributed by atoms with E-state index in [9.17, 15) is 4.79 Å². The van der Waals surface area contributed by atoms with E-state index in [0.29, 0.717) is 6.54 Å². The summed E-state index contributed by atoms with van der Waals surface area (Å²) in [4.78, 5) is 18.7. The topological polar surface area (TPSA) is 80.5 Å². The lowest BCUT2D eigenvalue weighted by Gasteiger charge is -2.16. The maximum atomic E-state index is 12.1. The van der Waals surface area contributed by atoms with Gasteiger partial charge in [-0.25, -0.2) is 4.98 Å². The third-order valence-corrected chi connectivity index (χ3v) is 3.90. The van der Waals surface area contributed by atoms with Crippen LogP contribution in [0.15, 0.2) is 42.6 Å². The number of methoxy groups -OCH3 is 1. The number of pyridine rings is 1. The lowest BCUT2D eigenvalue weighted by Crippen LogP contribution is -2.39. The van der Waals surface area contributed by atoms with Crippen molar-refractivity contribution in [1.82, 2.24) is 4.98 Å². The zero-order valence-corrected chi connectivity index (χ0v) is 14.3. The molecular formula is C17H21ClN4O2. The van der Waals surface area contributed by atoms with Crippen LogP contribution < -0.4 is 16.0 Å². The normalized spacial score (nSPS) is 13.8. The highest BCUT2D eigenvalue weighted by Crippen LogP contribution is 2.31. The zero-order valence-electron chi connectivity index (χ0n) is 13.4. The average Bonchev–Trinajstić information content (AvgIpc) is 3.01. The van der Waals surface area contributed by atoms with Crippen LogP contribution in [0.2, 0.25) is 0 Å². The number of nitrogens with two attached hydrogens (primary N) is 1. The smallest absolute Gasteiger partial charge is 0.243 e. The molecule has 0 radical (unpaired) electrons. The first-order valence-electron chi connectivity index (χ1n) is 7.51. The first kappa shape index (κ1) is 18.2. The van der Waals surface area contributed by atoms with E-state index in [1.807, 2.05) is 30.3 Å². The summed E-state index contributed by atoms with van der Waals surface area (Å²) in [7, 11) is 1.53. The largest absolute Gasteiger partial charge is 0.383 e. The first-order chi connectivity index (χ1) is 11.2. The summed E-state index contributed by atoms with van der Waals surface area (Å²) in [5.74, 6) is 0.689. The summed E-state index contributed by atoms with van der Waals surface area (Å²) in [6.07, 6.45) is 1.78. The van der Waals surface area contributed by atoms with E-state index in [0.717, 1.165) is 23.6 Å². The molecule has 2 aromatic rings. The van der Waals surface area contributed by atoms with Crippen LogP contribution in [-0.2, 0) is 22.6 Å². The number of amides is 1. The molecule has 0 bridgehead atoms. The molecule has 0 spiro atoms. The number of carbonyl (C=O) groups excluding carboxylic acids is 1. The number of anilines is 2. The van der Waals surface area contributed by atoms with E-state index >= 15 is 0 Å². The molecule has 128 valence electrons. The Morgan fingerprint density at radius 3 is 2.88 bits per heavy atom. The number of hydrogen-bond acceptors (Lipinski definition) is 5.